The second kappa shape index (κ2) is 7.75. The van der Waals surface area contributed by atoms with E-state index in [-0.39, 0.29) is 18.8 Å². The molecule has 1 amide bonds. The summed E-state index contributed by atoms with van der Waals surface area (Å²) in [5.74, 6) is -2.65. The Bertz CT molecular complexity index is 611. The van der Waals surface area contributed by atoms with Crippen molar-refractivity contribution in [1.29, 1.82) is 0 Å². The van der Waals surface area contributed by atoms with Gasteiger partial charge in [0.05, 0.1) is 18.8 Å². The molecule has 0 aromatic heterocycles. The number of nitrogens with one attached hydrogen (secondary N) is 1. The van der Waals surface area contributed by atoms with E-state index in [0.29, 0.717) is 11.3 Å². The van der Waals surface area contributed by atoms with Gasteiger partial charge in [-0.15, -0.1) is 0 Å². The molecule has 0 saturated heterocycles. The minimum atomic E-state index is -3.55. The molecule has 116 valence electrons. The van der Waals surface area contributed by atoms with Gasteiger partial charge in [0.25, 0.3) is 0 Å². The highest BCUT2D eigenvalue weighted by atomic mass is 32.2. The quantitative estimate of drug-likeness (QED) is 0.714. The van der Waals surface area contributed by atoms with Crippen molar-refractivity contribution < 1.29 is 27.9 Å². The van der Waals surface area contributed by atoms with E-state index in [1.807, 2.05) is 0 Å². The molecular formula is C13H17NO6S. The summed E-state index contributed by atoms with van der Waals surface area (Å²) < 4.78 is 27.9. The maximum absolute atomic E-state index is 11.8. The number of carboxylic acids is 1. The Balaban J connectivity index is 2.73. The van der Waals surface area contributed by atoms with Crippen LogP contribution >= 0.6 is 0 Å². The normalized spacial score (nSPS) is 11.1. The van der Waals surface area contributed by atoms with E-state index < -0.39 is 27.5 Å². The molecular weight excluding hydrogens is 298 g/mol. The number of carbonyl (C=O) groups excluding carboxylic acids is 1. The summed E-state index contributed by atoms with van der Waals surface area (Å²) in [6.07, 6.45) is -0.257. The molecule has 0 aliphatic rings. The number of rotatable bonds is 8. The zero-order valence-electron chi connectivity index (χ0n) is 11.5. The number of anilines is 1. The van der Waals surface area contributed by atoms with Crippen LogP contribution in [0.3, 0.4) is 0 Å². The summed E-state index contributed by atoms with van der Waals surface area (Å²) in [4.78, 5) is 22.5. The summed E-state index contributed by atoms with van der Waals surface area (Å²) >= 11 is 0. The van der Waals surface area contributed by atoms with Gasteiger partial charge in [0, 0.05) is 12.8 Å². The molecule has 0 aliphatic carbocycles. The van der Waals surface area contributed by atoms with E-state index in [2.05, 4.69) is 10.1 Å². The van der Waals surface area contributed by atoms with E-state index in [4.69, 9.17) is 5.11 Å². The molecule has 2 N–H and O–H groups in total. The second-order valence-electron chi connectivity index (χ2n) is 4.36. The van der Waals surface area contributed by atoms with Crippen LogP contribution in [0.25, 0.3) is 0 Å². The van der Waals surface area contributed by atoms with Crippen molar-refractivity contribution in [2.75, 3.05) is 30.5 Å². The molecule has 0 aliphatic heterocycles. The third kappa shape index (κ3) is 6.37. The van der Waals surface area contributed by atoms with Gasteiger partial charge in [-0.2, -0.15) is 0 Å². The lowest BCUT2D eigenvalue weighted by Crippen LogP contribution is -2.26. The monoisotopic (exact) mass is 315 g/mol. The van der Waals surface area contributed by atoms with Crippen molar-refractivity contribution in [2.45, 2.75) is 6.42 Å². The van der Waals surface area contributed by atoms with Gasteiger partial charge in [-0.25, -0.2) is 8.42 Å². The number of benzene rings is 1. The van der Waals surface area contributed by atoms with Gasteiger partial charge in [-0.1, -0.05) is 18.2 Å². The number of hydrogen-bond donors (Lipinski definition) is 2. The van der Waals surface area contributed by atoms with Gasteiger partial charge < -0.3 is 15.2 Å². The highest BCUT2D eigenvalue weighted by molar-refractivity contribution is 7.92. The molecule has 0 bridgehead atoms. The number of aliphatic carboxylic acids is 1. The Labute approximate surface area is 122 Å². The fourth-order valence-electron chi connectivity index (χ4n) is 1.63. The van der Waals surface area contributed by atoms with Gasteiger partial charge in [-0.3, -0.25) is 9.59 Å². The van der Waals surface area contributed by atoms with Crippen molar-refractivity contribution in [2.24, 2.45) is 0 Å². The average Bonchev–Trinajstić information content (AvgIpc) is 2.37. The number of sulfone groups is 1. The van der Waals surface area contributed by atoms with Gasteiger partial charge in [0.1, 0.15) is 5.75 Å². The molecule has 0 fully saturated rings. The van der Waals surface area contributed by atoms with Crippen molar-refractivity contribution in [3.63, 3.8) is 0 Å². The molecule has 1 aromatic rings. The van der Waals surface area contributed by atoms with Gasteiger partial charge in [0.2, 0.25) is 5.91 Å². The van der Waals surface area contributed by atoms with Crippen LogP contribution in [0.1, 0.15) is 5.56 Å². The van der Waals surface area contributed by atoms with Crippen LogP contribution in [-0.4, -0.2) is 50.6 Å². The minimum Gasteiger partial charge on any atom is -0.481 e. The van der Waals surface area contributed by atoms with Crippen LogP contribution in [0.4, 0.5) is 5.69 Å². The molecule has 0 heterocycles. The molecule has 8 heteroatoms. The molecule has 1 rings (SSSR count). The number of amides is 1. The van der Waals surface area contributed by atoms with E-state index in [1.165, 1.54) is 13.2 Å². The van der Waals surface area contributed by atoms with E-state index >= 15 is 0 Å². The average molecular weight is 315 g/mol. The van der Waals surface area contributed by atoms with E-state index in [1.54, 1.807) is 18.2 Å². The van der Waals surface area contributed by atoms with Crippen LogP contribution in [0.15, 0.2) is 24.3 Å². The van der Waals surface area contributed by atoms with Gasteiger partial charge >= 0.3 is 5.97 Å². The fraction of sp³-hybridized carbons (Fsp3) is 0.385. The summed E-state index contributed by atoms with van der Waals surface area (Å²) in [7, 11) is -2.18. The van der Waals surface area contributed by atoms with E-state index in [0.717, 1.165) is 0 Å². The highest BCUT2D eigenvalue weighted by Gasteiger charge is 2.17. The summed E-state index contributed by atoms with van der Waals surface area (Å²) in [6.45, 7) is 0.0191. The number of hydrogen-bond acceptors (Lipinski definition) is 5. The molecule has 1 aromatic carbocycles. The SMILES string of the molecule is COCCS(=O)(=O)CC(=O)Nc1ccccc1CC(=O)O. The first-order valence-electron chi connectivity index (χ1n) is 6.13. The third-order valence-electron chi connectivity index (χ3n) is 2.58. The number of methoxy groups -OCH3 is 1. The van der Waals surface area contributed by atoms with E-state index in [9.17, 15) is 18.0 Å². The summed E-state index contributed by atoms with van der Waals surface area (Å²) in [5.41, 5.74) is 0.708. The van der Waals surface area contributed by atoms with Crippen LogP contribution in [0, 0.1) is 0 Å². The Kier molecular flexibility index (Phi) is 6.32. The Morgan fingerprint density at radius 2 is 1.95 bits per heavy atom. The number of carbonyl (C=O) groups is 2. The largest absolute Gasteiger partial charge is 0.481 e. The standard InChI is InChI=1S/C13H17NO6S/c1-20-6-7-21(18,19)9-12(15)14-11-5-3-2-4-10(11)8-13(16)17/h2-5H,6-9H2,1H3,(H,14,15)(H,16,17). The lowest BCUT2D eigenvalue weighted by Gasteiger charge is -2.10. The molecule has 0 unspecified atom stereocenters. The van der Waals surface area contributed by atoms with Crippen LogP contribution in [0.2, 0.25) is 0 Å². The van der Waals surface area contributed by atoms with Crippen LogP contribution in [0.5, 0.6) is 0 Å². The second-order valence-corrected chi connectivity index (χ2v) is 6.54. The highest BCUT2D eigenvalue weighted by Crippen LogP contribution is 2.15. The first-order chi connectivity index (χ1) is 9.84. The lowest BCUT2D eigenvalue weighted by molar-refractivity contribution is -0.136. The maximum atomic E-state index is 11.8. The van der Waals surface area contributed by atoms with Crippen molar-refractivity contribution >= 4 is 27.4 Å². The first-order valence-corrected chi connectivity index (χ1v) is 7.95. The summed E-state index contributed by atoms with van der Waals surface area (Å²) in [6, 6.07) is 6.35. The molecule has 0 spiro atoms. The van der Waals surface area contributed by atoms with Crippen molar-refractivity contribution in [3.05, 3.63) is 29.8 Å². The zero-order chi connectivity index (χ0) is 15.9. The minimum absolute atomic E-state index is 0.0191. The zero-order valence-corrected chi connectivity index (χ0v) is 12.4. The topological polar surface area (TPSA) is 110 Å². The molecule has 21 heavy (non-hydrogen) atoms. The van der Waals surface area contributed by atoms with Crippen LogP contribution in [-0.2, 0) is 30.6 Å². The summed E-state index contributed by atoms with van der Waals surface area (Å²) in [5, 5.41) is 11.2. The fourth-order valence-corrected chi connectivity index (χ4v) is 2.66. The molecule has 0 radical (unpaired) electrons. The first kappa shape index (κ1) is 17.1. The van der Waals surface area contributed by atoms with Gasteiger partial charge in [-0.05, 0) is 11.6 Å². The predicted octanol–water partition coefficient (Wildman–Crippen LogP) is 0.313. The third-order valence-corrected chi connectivity index (χ3v) is 4.07. The predicted molar refractivity (Wildman–Crippen MR) is 76.9 cm³/mol. The lowest BCUT2D eigenvalue weighted by atomic mass is 10.1. The maximum Gasteiger partial charge on any atom is 0.307 e. The number of carboxylic acid groups (broad SMARTS) is 1. The van der Waals surface area contributed by atoms with Crippen LogP contribution < -0.4 is 5.32 Å². The van der Waals surface area contributed by atoms with Crippen molar-refractivity contribution in [1.82, 2.24) is 0 Å². The number of ether oxygens (including phenoxy) is 1. The Morgan fingerprint density at radius 1 is 1.29 bits per heavy atom. The Morgan fingerprint density at radius 3 is 2.57 bits per heavy atom. The molecule has 7 nitrogen and oxygen atoms in total. The molecule has 0 saturated carbocycles. The van der Waals surface area contributed by atoms with Gasteiger partial charge in [0.15, 0.2) is 9.84 Å². The smallest absolute Gasteiger partial charge is 0.307 e. The molecule has 0 atom stereocenters. The Hall–Kier alpha value is -1.93. The van der Waals surface area contributed by atoms with Crippen molar-refractivity contribution in [3.8, 4) is 0 Å². The number of para-hydroxylation sites is 1.